The van der Waals surface area contributed by atoms with Gasteiger partial charge in [0.1, 0.15) is 24.4 Å². The molecule has 0 aromatic heterocycles. The van der Waals surface area contributed by atoms with E-state index in [1.165, 1.54) is 0 Å². The van der Waals surface area contributed by atoms with Gasteiger partial charge in [-0.1, -0.05) is 0 Å². The van der Waals surface area contributed by atoms with Gasteiger partial charge in [-0.2, -0.15) is 0 Å². The highest BCUT2D eigenvalue weighted by atomic mass is 16.4. The van der Waals surface area contributed by atoms with E-state index in [9.17, 15) is 14.4 Å². The number of aliphatic hydroxyl groups excluding tert-OH is 6. The first kappa shape index (κ1) is 25.4. The molecule has 10 N–H and O–H groups in total. The Morgan fingerprint density at radius 1 is 0.720 bits per heavy atom. The lowest BCUT2D eigenvalue weighted by molar-refractivity contribution is -0.170. The minimum absolute atomic E-state index is 0.726. The van der Waals surface area contributed by atoms with Crippen molar-refractivity contribution in [1.82, 2.24) is 0 Å². The molecule has 0 radical (unpaired) electrons. The van der Waals surface area contributed by atoms with Crippen LogP contribution in [0.3, 0.4) is 0 Å². The Labute approximate surface area is 140 Å². The third kappa shape index (κ3) is 9.88. The van der Waals surface area contributed by atoms with E-state index < -0.39 is 74.0 Å². The molecule has 0 aliphatic heterocycles. The highest BCUT2D eigenvalue weighted by Gasteiger charge is 2.40. The van der Waals surface area contributed by atoms with E-state index in [2.05, 4.69) is 0 Å². The summed E-state index contributed by atoms with van der Waals surface area (Å²) in [4.78, 5) is 30.5. The maximum atomic E-state index is 10.3. The van der Waals surface area contributed by atoms with Crippen LogP contribution in [0.1, 0.15) is 12.8 Å². The number of carbonyl (C=O) groups is 3. The lowest BCUT2D eigenvalue weighted by Gasteiger charge is -2.24. The molecule has 0 amide bonds. The number of carboxylic acid groups (broad SMARTS) is 3. The molecule has 0 heterocycles. The van der Waals surface area contributed by atoms with Crippen LogP contribution in [0.15, 0.2) is 0 Å². The van der Waals surface area contributed by atoms with Crippen molar-refractivity contribution < 1.29 is 65.4 Å². The van der Waals surface area contributed by atoms with E-state index >= 15 is 0 Å². The first-order chi connectivity index (χ1) is 11.3. The second-order valence-electron chi connectivity index (χ2n) is 4.96. The molecule has 0 spiro atoms. The minimum Gasteiger partial charge on any atom is -0.481 e. The molecule has 0 saturated heterocycles. The summed E-state index contributed by atoms with van der Waals surface area (Å²) in [5.74, 6) is -5.02. The van der Waals surface area contributed by atoms with Gasteiger partial charge >= 0.3 is 17.9 Å². The number of rotatable bonds is 10. The molecule has 0 aromatic carbocycles. The molecule has 148 valence electrons. The molecule has 25 heavy (non-hydrogen) atoms. The summed E-state index contributed by atoms with van der Waals surface area (Å²) in [6, 6.07) is 0. The summed E-state index contributed by atoms with van der Waals surface area (Å²) < 4.78 is 0. The topological polar surface area (TPSA) is 254 Å². The fraction of sp³-hybridized carbons (Fsp3) is 0.750. The number of hydrogen-bond acceptors (Lipinski definition) is 10. The van der Waals surface area contributed by atoms with Crippen LogP contribution >= 0.6 is 0 Å². The van der Waals surface area contributed by atoms with Gasteiger partial charge in [0.05, 0.1) is 26.1 Å². The van der Waals surface area contributed by atoms with Crippen LogP contribution in [0.5, 0.6) is 0 Å². The van der Waals surface area contributed by atoms with E-state index in [0.29, 0.717) is 0 Å². The predicted molar refractivity (Wildman–Crippen MR) is 75.3 cm³/mol. The van der Waals surface area contributed by atoms with Crippen molar-refractivity contribution in [3.8, 4) is 0 Å². The number of carboxylic acids is 3. The third-order valence-corrected chi connectivity index (χ3v) is 2.80. The monoisotopic (exact) mass is 374 g/mol. The summed E-state index contributed by atoms with van der Waals surface area (Å²) in [6.07, 6.45) is -8.68. The van der Waals surface area contributed by atoms with E-state index in [0.717, 1.165) is 0 Å². The molecule has 13 heteroatoms. The molecular weight excluding hydrogens is 352 g/mol. The van der Waals surface area contributed by atoms with Crippen molar-refractivity contribution in [2.75, 3.05) is 13.2 Å². The maximum Gasteiger partial charge on any atom is 0.336 e. The van der Waals surface area contributed by atoms with Crippen LogP contribution < -0.4 is 0 Å². The van der Waals surface area contributed by atoms with Crippen molar-refractivity contribution in [2.45, 2.75) is 42.9 Å². The molecule has 0 aliphatic carbocycles. The molecule has 0 fully saturated rings. The summed E-state index contributed by atoms with van der Waals surface area (Å²) in [6.45, 7) is -1.45. The number of hydrogen-bond donors (Lipinski definition) is 10. The zero-order chi connectivity index (χ0) is 20.4. The molecule has 0 saturated carbocycles. The minimum atomic E-state index is -2.74. The van der Waals surface area contributed by atoms with E-state index in [1.807, 2.05) is 0 Å². The quantitative estimate of drug-likeness (QED) is 0.172. The van der Waals surface area contributed by atoms with Crippen molar-refractivity contribution in [3.63, 3.8) is 0 Å². The Balaban J connectivity index is 0. The van der Waals surface area contributed by atoms with Crippen LogP contribution in [0.2, 0.25) is 0 Å². The lowest BCUT2D eigenvalue weighted by Crippen LogP contribution is -2.46. The fourth-order valence-corrected chi connectivity index (χ4v) is 1.39. The Bertz CT molecular complexity index is 407. The van der Waals surface area contributed by atoms with Gasteiger partial charge in [-0.05, 0) is 0 Å². The highest BCUT2D eigenvalue weighted by molar-refractivity contribution is 5.88. The maximum absolute atomic E-state index is 10.3. The van der Waals surface area contributed by atoms with Gasteiger partial charge in [0.15, 0.2) is 5.60 Å². The van der Waals surface area contributed by atoms with Crippen molar-refractivity contribution in [1.29, 1.82) is 0 Å². The average molecular weight is 374 g/mol. The highest BCUT2D eigenvalue weighted by Crippen LogP contribution is 2.15. The molecule has 4 atom stereocenters. The smallest absolute Gasteiger partial charge is 0.336 e. The largest absolute Gasteiger partial charge is 0.481 e. The summed E-state index contributed by atoms with van der Waals surface area (Å²) in [7, 11) is 0. The third-order valence-electron chi connectivity index (χ3n) is 2.80. The first-order valence-electron chi connectivity index (χ1n) is 6.65. The van der Waals surface area contributed by atoms with Gasteiger partial charge in [0, 0.05) is 0 Å². The Morgan fingerprint density at radius 2 is 1.00 bits per heavy atom. The number of aliphatic carboxylic acids is 3. The van der Waals surface area contributed by atoms with Gasteiger partial charge in [-0.25, -0.2) is 4.79 Å². The normalized spacial score (nSPS) is 16.0. The number of aliphatic hydroxyl groups is 7. The molecular formula is C12H22O13. The SMILES string of the molecule is O=C(O)CC(O)(CC(=O)O)C(=O)O.OC[C@@H](O)[C@@H](O)[C@H](O)[C@@H](O)CO. The van der Waals surface area contributed by atoms with Crippen molar-refractivity contribution >= 4 is 17.9 Å². The zero-order valence-corrected chi connectivity index (χ0v) is 12.8. The van der Waals surface area contributed by atoms with E-state index in [4.69, 9.17) is 51.1 Å². The first-order valence-corrected chi connectivity index (χ1v) is 6.65. The van der Waals surface area contributed by atoms with E-state index in [-0.39, 0.29) is 0 Å². The fourth-order valence-electron chi connectivity index (χ4n) is 1.39. The molecule has 0 bridgehead atoms. The van der Waals surface area contributed by atoms with Crippen LogP contribution in [-0.2, 0) is 14.4 Å². The van der Waals surface area contributed by atoms with E-state index in [1.54, 1.807) is 0 Å². The van der Waals surface area contributed by atoms with Crippen LogP contribution in [0, 0.1) is 0 Å². The lowest BCUT2D eigenvalue weighted by atomic mass is 9.96. The molecule has 0 unspecified atom stereocenters. The molecule has 0 aromatic rings. The predicted octanol–water partition coefficient (Wildman–Crippen LogP) is -4.83. The van der Waals surface area contributed by atoms with Gasteiger partial charge in [-0.3, -0.25) is 9.59 Å². The van der Waals surface area contributed by atoms with Crippen molar-refractivity contribution in [3.05, 3.63) is 0 Å². The summed E-state index contributed by atoms with van der Waals surface area (Å²) in [5, 5.41) is 86.0. The Morgan fingerprint density at radius 3 is 1.16 bits per heavy atom. The second-order valence-corrected chi connectivity index (χ2v) is 4.96. The molecule has 0 rings (SSSR count). The summed E-state index contributed by atoms with van der Waals surface area (Å²) >= 11 is 0. The Hall–Kier alpha value is -1.87. The van der Waals surface area contributed by atoms with Crippen molar-refractivity contribution in [2.24, 2.45) is 0 Å². The Kier molecular flexibility index (Phi) is 11.8. The standard InChI is InChI=1S/C6H8O7.C6H14O6/c7-3(8)1-6(13,5(11)12)2-4(9)10;7-1-3(9)5(11)6(12)4(10)2-8/h13H,1-2H2,(H,7,8)(H,9,10)(H,11,12);3-12H,1-2H2/t;3-,4+,5-,6-/m.1/s1. The van der Waals surface area contributed by atoms with Gasteiger partial charge in [0.25, 0.3) is 0 Å². The second kappa shape index (κ2) is 11.6. The summed E-state index contributed by atoms with van der Waals surface area (Å²) in [5.41, 5.74) is -2.74. The van der Waals surface area contributed by atoms with Gasteiger partial charge < -0.3 is 51.1 Å². The molecule has 0 aliphatic rings. The molecule has 13 nitrogen and oxygen atoms in total. The average Bonchev–Trinajstić information content (AvgIpc) is 2.50. The van der Waals surface area contributed by atoms with Gasteiger partial charge in [0.2, 0.25) is 0 Å². The van der Waals surface area contributed by atoms with Gasteiger partial charge in [-0.15, -0.1) is 0 Å². The van der Waals surface area contributed by atoms with Crippen LogP contribution in [-0.4, -0.2) is 112 Å². The van der Waals surface area contributed by atoms with Crippen LogP contribution in [0.4, 0.5) is 0 Å². The zero-order valence-electron chi connectivity index (χ0n) is 12.8. The van der Waals surface area contributed by atoms with Crippen LogP contribution in [0.25, 0.3) is 0 Å².